The minimum atomic E-state index is -0.320. The largest absolute Gasteiger partial charge is 0.463 e. The molecule has 0 saturated carbocycles. The lowest BCUT2D eigenvalue weighted by atomic mass is 9.88. The van der Waals surface area contributed by atoms with E-state index in [0.717, 1.165) is 11.1 Å². The Morgan fingerprint density at radius 2 is 1.75 bits per heavy atom. The molecular weight excluding hydrogens is 352 g/mol. The molecule has 1 aromatic rings. The van der Waals surface area contributed by atoms with Crippen LogP contribution in [0.3, 0.4) is 0 Å². The molecule has 0 heterocycles. The summed E-state index contributed by atoms with van der Waals surface area (Å²) in [5.41, 5.74) is 1.98. The van der Waals surface area contributed by atoms with Gasteiger partial charge in [-0.05, 0) is 25.0 Å². The Balaban J connectivity index is 2.81. The Kier molecular flexibility index (Phi) is 11.2. The maximum atomic E-state index is 11.5. The number of hydrogen-bond donors (Lipinski definition) is 0. The third-order valence-electron chi connectivity index (χ3n) is 4.67. The van der Waals surface area contributed by atoms with Crippen LogP contribution in [-0.2, 0) is 19.0 Å². The molecule has 0 amide bonds. The molecule has 154 valence electrons. The van der Waals surface area contributed by atoms with E-state index in [1.54, 1.807) is 21.1 Å². The lowest BCUT2D eigenvalue weighted by Gasteiger charge is -2.30. The van der Waals surface area contributed by atoms with Crippen LogP contribution >= 0.6 is 0 Å². The van der Waals surface area contributed by atoms with Gasteiger partial charge in [0.2, 0.25) is 0 Å². The fourth-order valence-corrected chi connectivity index (χ4v) is 3.16. The number of carbonyl (C=O) groups excluding carboxylic acids is 1. The number of hydrogen-bond acceptors (Lipinski definition) is 4. The quantitative estimate of drug-likeness (QED) is 0.303. The fourth-order valence-electron chi connectivity index (χ4n) is 3.16. The summed E-state index contributed by atoms with van der Waals surface area (Å²) in [7, 11) is 3.44. The highest BCUT2D eigenvalue weighted by Gasteiger charge is 2.27. The van der Waals surface area contributed by atoms with E-state index in [1.807, 2.05) is 31.2 Å². The summed E-state index contributed by atoms with van der Waals surface area (Å²) in [5.74, 6) is -0.0308. The van der Waals surface area contributed by atoms with Crippen LogP contribution in [0.25, 0.3) is 6.08 Å². The zero-order valence-corrected chi connectivity index (χ0v) is 17.9. The van der Waals surface area contributed by atoms with Crippen LogP contribution < -0.4 is 0 Å². The van der Waals surface area contributed by atoms with Gasteiger partial charge >= 0.3 is 5.97 Å². The first-order chi connectivity index (χ1) is 13.4. The zero-order chi connectivity index (χ0) is 20.9. The van der Waals surface area contributed by atoms with Gasteiger partial charge in [0.15, 0.2) is 0 Å². The van der Waals surface area contributed by atoms with Crippen molar-refractivity contribution in [2.45, 2.75) is 39.9 Å². The van der Waals surface area contributed by atoms with Crippen molar-refractivity contribution < 1.29 is 19.0 Å². The summed E-state index contributed by atoms with van der Waals surface area (Å²) in [6.07, 6.45) is 9.54. The number of methoxy groups -OCH3 is 2. The molecule has 0 bridgehead atoms. The van der Waals surface area contributed by atoms with E-state index in [4.69, 9.17) is 14.2 Å². The van der Waals surface area contributed by atoms with E-state index in [2.05, 4.69) is 44.2 Å². The molecule has 1 aromatic carbocycles. The molecule has 28 heavy (non-hydrogen) atoms. The fraction of sp³-hybridized carbons (Fsp3) is 0.458. The lowest BCUT2D eigenvalue weighted by molar-refractivity contribution is -0.137. The molecule has 4 atom stereocenters. The number of benzene rings is 1. The van der Waals surface area contributed by atoms with E-state index in [-0.39, 0.29) is 30.0 Å². The van der Waals surface area contributed by atoms with Crippen molar-refractivity contribution in [1.29, 1.82) is 0 Å². The summed E-state index contributed by atoms with van der Waals surface area (Å²) in [4.78, 5) is 11.5. The van der Waals surface area contributed by atoms with Gasteiger partial charge in [-0.3, -0.25) is 0 Å². The average molecular weight is 387 g/mol. The van der Waals surface area contributed by atoms with Gasteiger partial charge in [-0.15, -0.1) is 0 Å². The van der Waals surface area contributed by atoms with Crippen molar-refractivity contribution in [3.63, 3.8) is 0 Å². The third kappa shape index (κ3) is 8.24. The number of esters is 1. The van der Waals surface area contributed by atoms with Crippen molar-refractivity contribution in [2.24, 2.45) is 11.8 Å². The zero-order valence-electron chi connectivity index (χ0n) is 17.9. The number of rotatable bonds is 11. The van der Waals surface area contributed by atoms with Crippen LogP contribution in [0, 0.1) is 11.8 Å². The van der Waals surface area contributed by atoms with Crippen LogP contribution in [0.15, 0.2) is 60.2 Å². The predicted octanol–water partition coefficient (Wildman–Crippen LogP) is 5.07. The second-order valence-electron chi connectivity index (χ2n) is 6.89. The Bertz CT molecular complexity index is 660. The lowest BCUT2D eigenvalue weighted by Crippen LogP contribution is -2.35. The molecule has 1 rings (SSSR count). The molecule has 0 aliphatic heterocycles. The summed E-state index contributed by atoms with van der Waals surface area (Å²) < 4.78 is 16.4. The molecule has 0 aliphatic rings. The molecule has 0 fully saturated rings. The Labute approximate surface area is 169 Å². The van der Waals surface area contributed by atoms with Crippen LogP contribution in [0.2, 0.25) is 0 Å². The molecule has 0 aromatic heterocycles. The third-order valence-corrected chi connectivity index (χ3v) is 4.67. The predicted molar refractivity (Wildman–Crippen MR) is 115 cm³/mol. The molecule has 4 heteroatoms. The van der Waals surface area contributed by atoms with E-state index in [1.165, 1.54) is 6.08 Å². The van der Waals surface area contributed by atoms with Crippen LogP contribution in [0.1, 0.15) is 33.3 Å². The minimum Gasteiger partial charge on any atom is -0.463 e. The summed E-state index contributed by atoms with van der Waals surface area (Å²) in [5, 5.41) is 0. The molecule has 0 spiro atoms. The van der Waals surface area contributed by atoms with E-state index in [0.29, 0.717) is 6.61 Å². The molecule has 0 unspecified atom stereocenters. The number of ether oxygens (including phenoxy) is 3. The summed E-state index contributed by atoms with van der Waals surface area (Å²) >= 11 is 0. The van der Waals surface area contributed by atoms with E-state index >= 15 is 0 Å². The second-order valence-corrected chi connectivity index (χ2v) is 6.89. The SMILES string of the molecule is CCOC(=O)/C=C(C)/C=C/[C@H](C)[C@H](OC)[C@@H](C)[C@H](/C=C/c1ccccc1)OC. The van der Waals surface area contributed by atoms with E-state index < -0.39 is 0 Å². The van der Waals surface area contributed by atoms with Crippen molar-refractivity contribution >= 4 is 12.0 Å². The van der Waals surface area contributed by atoms with Crippen LogP contribution in [0.4, 0.5) is 0 Å². The van der Waals surface area contributed by atoms with Gasteiger partial charge in [0.05, 0.1) is 18.8 Å². The number of allylic oxidation sites excluding steroid dienone is 2. The second kappa shape index (κ2) is 13.1. The molecule has 4 nitrogen and oxygen atoms in total. The standard InChI is InChI=1S/C24H34O4/c1-7-28-23(25)17-18(2)13-14-19(3)24(27-6)20(4)22(26-5)16-15-21-11-9-8-10-12-21/h8-17,19-20,22,24H,7H2,1-6H3/b14-13+,16-15+,18-17+/t19-,20-,22-,24-/m0/s1. The first-order valence-electron chi connectivity index (χ1n) is 9.75. The Hall–Kier alpha value is -2.17. The Morgan fingerprint density at radius 3 is 2.32 bits per heavy atom. The molecule has 0 aliphatic carbocycles. The van der Waals surface area contributed by atoms with E-state index in [9.17, 15) is 4.79 Å². The summed E-state index contributed by atoms with van der Waals surface area (Å²) in [6.45, 7) is 8.28. The molecule has 0 N–H and O–H groups in total. The van der Waals surface area contributed by atoms with Gasteiger partial charge in [0.1, 0.15) is 0 Å². The Morgan fingerprint density at radius 1 is 1.07 bits per heavy atom. The smallest absolute Gasteiger partial charge is 0.330 e. The maximum Gasteiger partial charge on any atom is 0.330 e. The van der Waals surface area contributed by atoms with Gasteiger partial charge in [0, 0.05) is 32.1 Å². The summed E-state index contributed by atoms with van der Waals surface area (Å²) in [6, 6.07) is 10.2. The number of carbonyl (C=O) groups is 1. The highest BCUT2D eigenvalue weighted by atomic mass is 16.5. The van der Waals surface area contributed by atoms with Crippen molar-refractivity contribution in [2.75, 3.05) is 20.8 Å². The molecule has 0 saturated heterocycles. The van der Waals surface area contributed by atoms with Gasteiger partial charge in [0.25, 0.3) is 0 Å². The van der Waals surface area contributed by atoms with Gasteiger partial charge < -0.3 is 14.2 Å². The normalized spacial score (nSPS) is 16.9. The highest BCUT2D eigenvalue weighted by molar-refractivity contribution is 5.83. The average Bonchev–Trinajstić information content (AvgIpc) is 2.68. The van der Waals surface area contributed by atoms with Gasteiger partial charge in [-0.1, -0.05) is 68.5 Å². The molecular formula is C24H34O4. The molecule has 0 radical (unpaired) electrons. The van der Waals surface area contributed by atoms with Crippen molar-refractivity contribution in [3.05, 3.63) is 65.8 Å². The van der Waals surface area contributed by atoms with Crippen molar-refractivity contribution in [3.8, 4) is 0 Å². The van der Waals surface area contributed by atoms with Crippen LogP contribution in [-0.4, -0.2) is 39.0 Å². The van der Waals surface area contributed by atoms with Crippen LogP contribution in [0.5, 0.6) is 0 Å². The topological polar surface area (TPSA) is 44.8 Å². The van der Waals surface area contributed by atoms with Gasteiger partial charge in [-0.25, -0.2) is 4.79 Å². The first-order valence-corrected chi connectivity index (χ1v) is 9.75. The highest BCUT2D eigenvalue weighted by Crippen LogP contribution is 2.24. The monoisotopic (exact) mass is 386 g/mol. The maximum absolute atomic E-state index is 11.5. The van der Waals surface area contributed by atoms with Gasteiger partial charge in [-0.2, -0.15) is 0 Å². The first kappa shape index (κ1) is 23.9. The van der Waals surface area contributed by atoms with Crippen molar-refractivity contribution in [1.82, 2.24) is 0 Å². The minimum absolute atomic E-state index is 0.0305.